The Morgan fingerprint density at radius 1 is 1.07 bits per heavy atom. The minimum absolute atomic E-state index is 0.00901. The van der Waals surface area contributed by atoms with Gasteiger partial charge in [0.2, 0.25) is 5.91 Å². The lowest BCUT2D eigenvalue weighted by molar-refractivity contribution is -0.118. The molecule has 152 valence electrons. The van der Waals surface area contributed by atoms with Crippen LogP contribution in [0.5, 0.6) is 5.75 Å². The van der Waals surface area contributed by atoms with Gasteiger partial charge in [0.15, 0.2) is 5.13 Å². The predicted molar refractivity (Wildman–Crippen MR) is 124 cm³/mol. The van der Waals surface area contributed by atoms with Crippen molar-refractivity contribution in [1.82, 2.24) is 9.97 Å². The summed E-state index contributed by atoms with van der Waals surface area (Å²) >= 11 is 3.20. The normalized spacial score (nSPS) is 10.9. The molecule has 7 heteroatoms. The number of carbonyl (C=O) groups is 1. The first-order valence-corrected chi connectivity index (χ1v) is 11.5. The number of ether oxygens (including phenoxy) is 1. The minimum Gasteiger partial charge on any atom is -0.497 e. The van der Waals surface area contributed by atoms with Gasteiger partial charge in [0.1, 0.15) is 5.75 Å². The summed E-state index contributed by atoms with van der Waals surface area (Å²) < 4.78 is 6.32. The summed E-state index contributed by atoms with van der Waals surface area (Å²) in [7, 11) is 1.63. The summed E-state index contributed by atoms with van der Waals surface area (Å²) in [6.45, 7) is 0.446. The Kier molecular flexibility index (Phi) is 6.30. The topological polar surface area (TPSA) is 55.3 Å². The highest BCUT2D eigenvalue weighted by Crippen LogP contribution is 2.32. The van der Waals surface area contributed by atoms with Gasteiger partial charge in [-0.25, -0.2) is 4.98 Å². The number of hydrogen-bond acceptors (Lipinski definition) is 6. The number of anilines is 1. The Balaban J connectivity index is 1.65. The lowest BCUT2D eigenvalue weighted by atomic mass is 10.1. The number of pyridine rings is 1. The molecule has 0 fully saturated rings. The molecule has 0 saturated carbocycles. The molecule has 2 aromatic carbocycles. The summed E-state index contributed by atoms with van der Waals surface area (Å²) in [6.07, 6.45) is 5.84. The fourth-order valence-electron chi connectivity index (χ4n) is 3.08. The van der Waals surface area contributed by atoms with E-state index in [1.807, 2.05) is 60.9 Å². The summed E-state index contributed by atoms with van der Waals surface area (Å²) in [5.74, 6) is 0.759. The third-order valence-electron chi connectivity index (χ3n) is 4.72. The Morgan fingerprint density at radius 2 is 1.83 bits per heavy atom. The van der Waals surface area contributed by atoms with Crippen LogP contribution in [-0.2, 0) is 17.8 Å². The maximum Gasteiger partial charge on any atom is 0.233 e. The van der Waals surface area contributed by atoms with Crippen molar-refractivity contribution in [2.24, 2.45) is 0 Å². The first kappa shape index (κ1) is 20.4. The molecule has 4 aromatic rings. The van der Waals surface area contributed by atoms with Crippen molar-refractivity contribution in [2.45, 2.75) is 17.9 Å². The number of amides is 1. The molecular weight excluding hydrogens is 414 g/mol. The van der Waals surface area contributed by atoms with Gasteiger partial charge in [-0.1, -0.05) is 23.5 Å². The van der Waals surface area contributed by atoms with Gasteiger partial charge in [0, 0.05) is 23.4 Å². The number of hydrogen-bond donors (Lipinski definition) is 0. The number of thioether (sulfide) groups is 1. The van der Waals surface area contributed by atoms with Crippen LogP contribution in [0.15, 0.2) is 71.9 Å². The summed E-state index contributed by atoms with van der Waals surface area (Å²) in [6, 6.07) is 17.7. The SMILES string of the molecule is COc1ccc2sc(N(Cc3ccncc3)C(=O)Cc3ccc(SC)cc3)nc2c1. The van der Waals surface area contributed by atoms with E-state index in [9.17, 15) is 4.79 Å². The second-order valence-corrected chi connectivity index (χ2v) is 8.58. The fraction of sp³-hybridized carbons (Fsp3) is 0.174. The van der Waals surface area contributed by atoms with Gasteiger partial charge in [0.05, 0.1) is 30.3 Å². The smallest absolute Gasteiger partial charge is 0.233 e. The van der Waals surface area contributed by atoms with Gasteiger partial charge in [0.25, 0.3) is 0 Å². The zero-order valence-corrected chi connectivity index (χ0v) is 18.4. The van der Waals surface area contributed by atoms with E-state index in [0.717, 1.165) is 27.1 Å². The largest absolute Gasteiger partial charge is 0.497 e. The second kappa shape index (κ2) is 9.28. The van der Waals surface area contributed by atoms with Crippen molar-refractivity contribution in [2.75, 3.05) is 18.3 Å². The lowest BCUT2D eigenvalue weighted by Crippen LogP contribution is -2.31. The average molecular weight is 436 g/mol. The number of nitrogens with zero attached hydrogens (tertiary/aromatic N) is 3. The van der Waals surface area contributed by atoms with Crippen molar-refractivity contribution in [1.29, 1.82) is 0 Å². The number of rotatable bonds is 7. The number of benzene rings is 2. The van der Waals surface area contributed by atoms with Crippen LogP contribution in [0.3, 0.4) is 0 Å². The predicted octanol–water partition coefficient (Wildman–Crippen LogP) is 5.20. The Morgan fingerprint density at radius 3 is 2.53 bits per heavy atom. The van der Waals surface area contributed by atoms with Crippen LogP contribution in [0.25, 0.3) is 10.2 Å². The van der Waals surface area contributed by atoms with Gasteiger partial charge >= 0.3 is 0 Å². The lowest BCUT2D eigenvalue weighted by Gasteiger charge is -2.20. The van der Waals surface area contributed by atoms with E-state index >= 15 is 0 Å². The Bertz CT molecular complexity index is 1140. The molecule has 0 saturated heterocycles. The minimum atomic E-state index is 0.00901. The number of carbonyl (C=O) groups excluding carboxylic acids is 1. The van der Waals surface area contributed by atoms with Crippen LogP contribution in [0.1, 0.15) is 11.1 Å². The molecule has 0 radical (unpaired) electrons. The molecule has 0 aliphatic rings. The van der Waals surface area contributed by atoms with Crippen LogP contribution in [0.2, 0.25) is 0 Å². The molecular formula is C23H21N3O2S2. The van der Waals surface area contributed by atoms with Crippen molar-refractivity contribution in [3.05, 3.63) is 78.1 Å². The molecule has 30 heavy (non-hydrogen) atoms. The van der Waals surface area contributed by atoms with E-state index in [2.05, 4.69) is 4.98 Å². The first-order chi connectivity index (χ1) is 14.7. The quantitative estimate of drug-likeness (QED) is 0.374. The third kappa shape index (κ3) is 4.63. The van der Waals surface area contributed by atoms with E-state index in [4.69, 9.17) is 9.72 Å². The molecule has 0 aliphatic heterocycles. The van der Waals surface area contributed by atoms with Crippen molar-refractivity contribution in [3.63, 3.8) is 0 Å². The van der Waals surface area contributed by atoms with Crippen LogP contribution in [0.4, 0.5) is 5.13 Å². The molecule has 0 spiro atoms. The van der Waals surface area contributed by atoms with Crippen molar-refractivity contribution >= 4 is 44.4 Å². The zero-order valence-electron chi connectivity index (χ0n) is 16.7. The van der Waals surface area contributed by atoms with Crippen molar-refractivity contribution < 1.29 is 9.53 Å². The Labute approximate surface area is 183 Å². The van der Waals surface area contributed by atoms with E-state index in [1.165, 1.54) is 16.2 Å². The highest BCUT2D eigenvalue weighted by Gasteiger charge is 2.21. The molecule has 0 aliphatic carbocycles. The molecule has 0 bridgehead atoms. The van der Waals surface area contributed by atoms with Gasteiger partial charge in [-0.15, -0.1) is 11.8 Å². The van der Waals surface area contributed by atoms with Gasteiger partial charge < -0.3 is 4.74 Å². The fourth-order valence-corrected chi connectivity index (χ4v) is 4.45. The van der Waals surface area contributed by atoms with Crippen LogP contribution in [0, 0.1) is 0 Å². The van der Waals surface area contributed by atoms with Gasteiger partial charge in [-0.3, -0.25) is 14.7 Å². The van der Waals surface area contributed by atoms with Crippen LogP contribution < -0.4 is 9.64 Å². The number of fused-ring (bicyclic) bond motifs is 1. The summed E-state index contributed by atoms with van der Waals surface area (Å²) in [4.78, 5) is 25.1. The molecule has 2 aromatic heterocycles. The van der Waals surface area contributed by atoms with E-state index < -0.39 is 0 Å². The number of aromatic nitrogens is 2. The maximum absolute atomic E-state index is 13.3. The molecule has 0 N–H and O–H groups in total. The van der Waals surface area contributed by atoms with E-state index in [1.54, 1.807) is 36.2 Å². The zero-order chi connectivity index (χ0) is 20.9. The molecule has 2 heterocycles. The van der Waals surface area contributed by atoms with E-state index in [-0.39, 0.29) is 5.91 Å². The Hall–Kier alpha value is -2.90. The highest BCUT2D eigenvalue weighted by atomic mass is 32.2. The average Bonchev–Trinajstić information content (AvgIpc) is 3.21. The van der Waals surface area contributed by atoms with Gasteiger partial charge in [-0.05, 0) is 53.8 Å². The standard InChI is InChI=1S/C23H21N3O2S2/c1-28-18-5-8-21-20(14-18)25-23(30-21)26(15-17-9-11-24-12-10-17)22(27)13-16-3-6-19(29-2)7-4-16/h3-12,14H,13,15H2,1-2H3. The third-order valence-corrected chi connectivity index (χ3v) is 6.52. The molecule has 0 unspecified atom stereocenters. The molecule has 4 rings (SSSR count). The number of thiazole rings is 1. The molecule has 0 atom stereocenters. The summed E-state index contributed by atoms with van der Waals surface area (Å²) in [5.41, 5.74) is 2.82. The monoisotopic (exact) mass is 435 g/mol. The maximum atomic E-state index is 13.3. The highest BCUT2D eigenvalue weighted by molar-refractivity contribution is 7.98. The van der Waals surface area contributed by atoms with Gasteiger partial charge in [-0.2, -0.15) is 0 Å². The van der Waals surface area contributed by atoms with E-state index in [0.29, 0.717) is 18.1 Å². The molecule has 1 amide bonds. The number of methoxy groups -OCH3 is 1. The van der Waals surface area contributed by atoms with Crippen molar-refractivity contribution in [3.8, 4) is 5.75 Å². The first-order valence-electron chi connectivity index (χ1n) is 9.43. The summed E-state index contributed by atoms with van der Waals surface area (Å²) in [5, 5.41) is 0.681. The van der Waals surface area contributed by atoms with Crippen LogP contribution in [-0.4, -0.2) is 29.2 Å². The van der Waals surface area contributed by atoms with Crippen LogP contribution >= 0.6 is 23.1 Å². The second-order valence-electron chi connectivity index (χ2n) is 6.69. The molecule has 5 nitrogen and oxygen atoms in total.